The van der Waals surface area contributed by atoms with Crippen LogP contribution in [0.4, 0.5) is 8.78 Å². The maximum absolute atomic E-state index is 12.5. The van der Waals surface area contributed by atoms with Crippen molar-refractivity contribution in [1.82, 2.24) is 10.2 Å². The van der Waals surface area contributed by atoms with E-state index >= 15 is 0 Å². The third-order valence-electron chi connectivity index (χ3n) is 4.43. The van der Waals surface area contributed by atoms with Crippen LogP contribution in [0.25, 0.3) is 0 Å². The maximum Gasteiger partial charge on any atom is 0.387 e. The van der Waals surface area contributed by atoms with Gasteiger partial charge in [-0.05, 0) is 25.3 Å². The van der Waals surface area contributed by atoms with E-state index in [1.54, 1.807) is 38.4 Å². The molecule has 0 radical (unpaired) electrons. The molecule has 6 nitrogen and oxygen atoms in total. The van der Waals surface area contributed by atoms with Crippen LogP contribution in [0.2, 0.25) is 0 Å². The molecule has 1 aliphatic rings. The molecule has 0 atom stereocenters. The monoisotopic (exact) mass is 513 g/mol. The van der Waals surface area contributed by atoms with Crippen LogP contribution in [-0.4, -0.2) is 64.0 Å². The van der Waals surface area contributed by atoms with Gasteiger partial charge in [-0.1, -0.05) is 18.2 Å². The van der Waals surface area contributed by atoms with E-state index in [4.69, 9.17) is 9.47 Å². The van der Waals surface area contributed by atoms with Crippen molar-refractivity contribution in [3.63, 3.8) is 0 Å². The predicted molar refractivity (Wildman–Crippen MR) is 116 cm³/mol. The number of guanidine groups is 1. The van der Waals surface area contributed by atoms with Crippen molar-refractivity contribution < 1.29 is 23.0 Å². The van der Waals surface area contributed by atoms with Gasteiger partial charge in [-0.2, -0.15) is 8.78 Å². The molecule has 1 N–H and O–H groups in total. The molecule has 28 heavy (non-hydrogen) atoms. The van der Waals surface area contributed by atoms with Crippen molar-refractivity contribution in [2.75, 3.05) is 40.5 Å². The topological polar surface area (TPSA) is 55.3 Å². The van der Waals surface area contributed by atoms with Gasteiger partial charge in [0.2, 0.25) is 0 Å². The molecule has 2 rings (SSSR count). The van der Waals surface area contributed by atoms with Gasteiger partial charge in [0.15, 0.2) is 5.96 Å². The molecule has 0 unspecified atom stereocenters. The molecule has 0 aliphatic carbocycles. The Labute approximate surface area is 182 Å². The average Bonchev–Trinajstić information content (AvgIpc) is 2.67. The van der Waals surface area contributed by atoms with Crippen molar-refractivity contribution in [1.29, 1.82) is 0 Å². The fraction of sp³-hybridized carbons (Fsp3) is 0.632. The van der Waals surface area contributed by atoms with Gasteiger partial charge in [-0.3, -0.25) is 4.99 Å². The number of piperidine rings is 1. The molecule has 0 spiro atoms. The summed E-state index contributed by atoms with van der Waals surface area (Å²) in [5.41, 5.74) is 0.662. The Morgan fingerprint density at radius 3 is 2.61 bits per heavy atom. The van der Waals surface area contributed by atoms with Gasteiger partial charge >= 0.3 is 6.61 Å². The number of para-hydroxylation sites is 1. The maximum atomic E-state index is 12.5. The smallest absolute Gasteiger partial charge is 0.387 e. The van der Waals surface area contributed by atoms with Crippen molar-refractivity contribution >= 4 is 29.9 Å². The van der Waals surface area contributed by atoms with Crippen LogP contribution in [0.5, 0.6) is 5.75 Å². The molecule has 1 heterocycles. The fourth-order valence-electron chi connectivity index (χ4n) is 3.05. The molecule has 160 valence electrons. The van der Waals surface area contributed by atoms with Crippen LogP contribution in [0.1, 0.15) is 24.8 Å². The number of ether oxygens (including phenoxy) is 3. The second-order valence-electron chi connectivity index (χ2n) is 6.29. The van der Waals surface area contributed by atoms with Crippen LogP contribution < -0.4 is 10.1 Å². The first kappa shape index (κ1) is 24.8. The lowest BCUT2D eigenvalue weighted by molar-refractivity contribution is -0.0504. The number of nitrogens with zero attached hydrogens (tertiary/aromatic N) is 2. The number of benzene rings is 1. The van der Waals surface area contributed by atoms with E-state index in [1.807, 2.05) is 0 Å². The Morgan fingerprint density at radius 2 is 1.96 bits per heavy atom. The second-order valence-corrected chi connectivity index (χ2v) is 6.29. The highest BCUT2D eigenvalue weighted by molar-refractivity contribution is 14.0. The summed E-state index contributed by atoms with van der Waals surface area (Å²) in [6, 6.07) is 6.77. The summed E-state index contributed by atoms with van der Waals surface area (Å²) < 4.78 is 40.5. The molecule has 0 saturated carbocycles. The number of alkyl halides is 2. The van der Waals surface area contributed by atoms with E-state index in [2.05, 4.69) is 19.9 Å². The summed E-state index contributed by atoms with van der Waals surface area (Å²) in [6.07, 6.45) is 3.02. The molecule has 1 aromatic rings. The van der Waals surface area contributed by atoms with Gasteiger partial charge in [0.25, 0.3) is 0 Å². The second kappa shape index (κ2) is 13.9. The van der Waals surface area contributed by atoms with Crippen molar-refractivity contribution in [2.45, 2.75) is 38.5 Å². The molecule has 0 amide bonds. The van der Waals surface area contributed by atoms with Gasteiger partial charge in [-0.25, -0.2) is 0 Å². The van der Waals surface area contributed by atoms with Crippen molar-refractivity contribution in [2.24, 2.45) is 4.99 Å². The molecular formula is C19H30F2IN3O3. The summed E-state index contributed by atoms with van der Waals surface area (Å²) in [5, 5.41) is 3.24. The number of nitrogens with one attached hydrogen (secondary N) is 1. The molecule has 9 heteroatoms. The minimum absolute atomic E-state index is 0. The number of hydrogen-bond donors (Lipinski definition) is 1. The summed E-state index contributed by atoms with van der Waals surface area (Å²) in [5.74, 6) is 0.929. The molecular weight excluding hydrogens is 483 g/mol. The van der Waals surface area contributed by atoms with E-state index in [9.17, 15) is 8.78 Å². The number of halogens is 3. The minimum Gasteiger partial charge on any atom is -0.434 e. The van der Waals surface area contributed by atoms with Crippen molar-refractivity contribution in [3.8, 4) is 5.75 Å². The SMILES string of the molecule is CN=C(NCc1ccccc1OC(F)F)N1CCC(OCCCOC)CC1.I. The molecule has 1 saturated heterocycles. The summed E-state index contributed by atoms with van der Waals surface area (Å²) in [4.78, 5) is 6.47. The lowest BCUT2D eigenvalue weighted by Gasteiger charge is -2.34. The van der Waals surface area contributed by atoms with Crippen LogP contribution in [-0.2, 0) is 16.0 Å². The molecule has 0 bridgehead atoms. The fourth-order valence-corrected chi connectivity index (χ4v) is 3.05. The first-order chi connectivity index (χ1) is 13.1. The van der Waals surface area contributed by atoms with Gasteiger partial charge < -0.3 is 24.4 Å². The highest BCUT2D eigenvalue weighted by Gasteiger charge is 2.22. The summed E-state index contributed by atoms with van der Waals surface area (Å²) in [6.45, 7) is 0.628. The quantitative estimate of drug-likeness (QED) is 0.237. The largest absolute Gasteiger partial charge is 0.434 e. The van der Waals surface area contributed by atoms with Crippen LogP contribution in [0.15, 0.2) is 29.3 Å². The molecule has 1 aromatic carbocycles. The van der Waals surface area contributed by atoms with Gasteiger partial charge in [0, 0.05) is 52.6 Å². The third-order valence-corrected chi connectivity index (χ3v) is 4.43. The highest BCUT2D eigenvalue weighted by Crippen LogP contribution is 2.20. The Morgan fingerprint density at radius 1 is 1.25 bits per heavy atom. The van der Waals surface area contributed by atoms with E-state index in [1.165, 1.54) is 0 Å². The Kier molecular flexibility index (Phi) is 12.3. The standard InChI is InChI=1S/C19H29F2N3O3.HI/c1-22-19(23-14-15-6-3-4-7-17(15)27-18(20)21)24-10-8-16(9-11-24)26-13-5-12-25-2;/h3-4,6-7,16,18H,5,8-14H2,1-2H3,(H,22,23);1H. The lowest BCUT2D eigenvalue weighted by Crippen LogP contribution is -2.46. The first-order valence-electron chi connectivity index (χ1n) is 9.23. The van der Waals surface area contributed by atoms with Gasteiger partial charge in [0.05, 0.1) is 6.10 Å². The highest BCUT2D eigenvalue weighted by atomic mass is 127. The van der Waals surface area contributed by atoms with Gasteiger partial charge in [-0.15, -0.1) is 24.0 Å². The zero-order valence-corrected chi connectivity index (χ0v) is 18.7. The Balaban J connectivity index is 0.00000392. The number of hydrogen-bond acceptors (Lipinski definition) is 4. The predicted octanol–water partition coefficient (Wildman–Crippen LogP) is 3.50. The number of aliphatic imine (C=N–C) groups is 1. The molecule has 1 fully saturated rings. The summed E-state index contributed by atoms with van der Waals surface area (Å²) in [7, 11) is 3.41. The number of likely N-dealkylation sites (tertiary alicyclic amines) is 1. The number of rotatable bonds is 9. The Hall–Kier alpha value is -1.20. The third kappa shape index (κ3) is 8.44. The molecule has 0 aromatic heterocycles. The van der Waals surface area contributed by atoms with Crippen LogP contribution >= 0.6 is 24.0 Å². The van der Waals surface area contributed by atoms with E-state index < -0.39 is 6.61 Å². The van der Waals surface area contributed by atoms with E-state index in [-0.39, 0.29) is 35.8 Å². The van der Waals surface area contributed by atoms with E-state index in [0.29, 0.717) is 25.3 Å². The normalized spacial score (nSPS) is 15.5. The molecule has 1 aliphatic heterocycles. The van der Waals surface area contributed by atoms with Crippen LogP contribution in [0.3, 0.4) is 0 Å². The minimum atomic E-state index is -2.84. The Bertz CT molecular complexity index is 585. The lowest BCUT2D eigenvalue weighted by atomic mass is 10.1. The van der Waals surface area contributed by atoms with Crippen LogP contribution in [0, 0.1) is 0 Å². The zero-order chi connectivity index (χ0) is 19.5. The summed E-state index contributed by atoms with van der Waals surface area (Å²) >= 11 is 0. The van der Waals surface area contributed by atoms with Gasteiger partial charge in [0.1, 0.15) is 5.75 Å². The number of methoxy groups -OCH3 is 1. The van der Waals surface area contributed by atoms with E-state index in [0.717, 1.165) is 38.3 Å². The average molecular weight is 513 g/mol. The first-order valence-corrected chi connectivity index (χ1v) is 9.23. The zero-order valence-electron chi connectivity index (χ0n) is 16.4. The van der Waals surface area contributed by atoms with Crippen molar-refractivity contribution in [3.05, 3.63) is 29.8 Å².